The van der Waals surface area contributed by atoms with Gasteiger partial charge in [0.05, 0.1) is 12.2 Å². The number of amides is 1. The Kier molecular flexibility index (Phi) is 3.64. The number of nitrogens with zero attached hydrogens (tertiary/aromatic N) is 3. The van der Waals surface area contributed by atoms with Crippen molar-refractivity contribution in [3.8, 4) is 0 Å². The van der Waals surface area contributed by atoms with E-state index in [0.29, 0.717) is 17.7 Å². The fourth-order valence-electron chi connectivity index (χ4n) is 1.91. The van der Waals surface area contributed by atoms with Gasteiger partial charge >= 0.3 is 0 Å². The van der Waals surface area contributed by atoms with Crippen molar-refractivity contribution in [3.63, 3.8) is 0 Å². The molecule has 1 aromatic rings. The van der Waals surface area contributed by atoms with Crippen LogP contribution in [0.3, 0.4) is 0 Å². The van der Waals surface area contributed by atoms with Crippen molar-refractivity contribution >= 4 is 29.1 Å². The van der Waals surface area contributed by atoms with Crippen LogP contribution in [0.2, 0.25) is 5.15 Å². The highest BCUT2D eigenvalue weighted by Gasteiger charge is 2.33. The zero-order valence-electron chi connectivity index (χ0n) is 9.91. The van der Waals surface area contributed by atoms with E-state index >= 15 is 0 Å². The van der Waals surface area contributed by atoms with Gasteiger partial charge in [0, 0.05) is 18.7 Å². The van der Waals surface area contributed by atoms with Gasteiger partial charge in [0.25, 0.3) is 0 Å². The predicted molar refractivity (Wildman–Crippen MR) is 67.2 cm³/mol. The molecule has 0 aliphatic heterocycles. The Bertz CT molecular complexity index is 440. The molecular formula is C11H15Cl2N3O. The van der Waals surface area contributed by atoms with Crippen LogP contribution in [0.25, 0.3) is 0 Å². The van der Waals surface area contributed by atoms with Crippen LogP contribution in [0.4, 0.5) is 0 Å². The number of carbonyl (C=O) groups excluding carboxylic acids is 1. The van der Waals surface area contributed by atoms with E-state index in [9.17, 15) is 4.79 Å². The number of aromatic nitrogens is 2. The first-order valence-corrected chi connectivity index (χ1v) is 6.49. The first-order valence-electron chi connectivity index (χ1n) is 5.58. The fraction of sp³-hybridized carbons (Fsp3) is 0.636. The van der Waals surface area contributed by atoms with Crippen LogP contribution < -0.4 is 0 Å². The molecule has 1 aromatic heterocycles. The summed E-state index contributed by atoms with van der Waals surface area (Å²) in [5.41, 5.74) is 1.78. The molecule has 17 heavy (non-hydrogen) atoms. The number of hydrogen-bond acceptors (Lipinski definition) is 2. The Hall–Kier alpha value is -0.740. The Morgan fingerprint density at radius 2 is 2.24 bits per heavy atom. The molecule has 94 valence electrons. The predicted octanol–water partition coefficient (Wildman–Crippen LogP) is 2.11. The zero-order chi connectivity index (χ0) is 12.6. The van der Waals surface area contributed by atoms with E-state index in [-0.39, 0.29) is 11.8 Å². The van der Waals surface area contributed by atoms with Gasteiger partial charge in [-0.1, -0.05) is 11.6 Å². The number of aryl methyl sites for hydroxylation is 2. The highest BCUT2D eigenvalue weighted by molar-refractivity contribution is 6.30. The maximum Gasteiger partial charge on any atom is 0.238 e. The summed E-state index contributed by atoms with van der Waals surface area (Å²) in [5, 5.41) is 4.84. The lowest BCUT2D eigenvalue weighted by Gasteiger charge is -2.21. The zero-order valence-corrected chi connectivity index (χ0v) is 11.4. The van der Waals surface area contributed by atoms with E-state index < -0.39 is 0 Å². The normalized spacial score (nSPS) is 15.1. The minimum atomic E-state index is -0.0338. The summed E-state index contributed by atoms with van der Waals surface area (Å²) in [6.07, 6.45) is 2.11. The third kappa shape index (κ3) is 2.58. The molecule has 0 radical (unpaired) electrons. The van der Waals surface area contributed by atoms with Crippen molar-refractivity contribution in [2.75, 3.05) is 5.88 Å². The van der Waals surface area contributed by atoms with E-state index in [0.717, 1.165) is 24.1 Å². The Morgan fingerprint density at radius 3 is 2.65 bits per heavy atom. The second-order valence-corrected chi connectivity index (χ2v) is 4.99. The molecule has 0 spiro atoms. The van der Waals surface area contributed by atoms with E-state index in [1.165, 1.54) is 0 Å². The molecule has 1 fully saturated rings. The topological polar surface area (TPSA) is 38.1 Å². The maximum absolute atomic E-state index is 11.8. The molecule has 1 saturated carbocycles. The van der Waals surface area contributed by atoms with Crippen molar-refractivity contribution in [2.24, 2.45) is 7.05 Å². The van der Waals surface area contributed by atoms with Gasteiger partial charge in [-0.2, -0.15) is 5.10 Å². The second kappa shape index (κ2) is 4.86. The summed E-state index contributed by atoms with van der Waals surface area (Å²) in [7, 11) is 1.80. The molecule has 1 amide bonds. The van der Waals surface area contributed by atoms with Crippen LogP contribution >= 0.6 is 23.2 Å². The Morgan fingerprint density at radius 1 is 1.59 bits per heavy atom. The van der Waals surface area contributed by atoms with Crippen LogP contribution in [0.5, 0.6) is 0 Å². The second-order valence-electron chi connectivity index (χ2n) is 4.36. The van der Waals surface area contributed by atoms with Crippen LogP contribution in [0.15, 0.2) is 0 Å². The van der Waals surface area contributed by atoms with Gasteiger partial charge in [-0.3, -0.25) is 9.48 Å². The van der Waals surface area contributed by atoms with Crippen molar-refractivity contribution in [3.05, 3.63) is 16.4 Å². The SMILES string of the molecule is Cc1nn(C)c(Cl)c1CN(C(=O)CCl)C1CC1. The molecule has 0 N–H and O–H groups in total. The lowest BCUT2D eigenvalue weighted by atomic mass is 10.2. The molecule has 4 nitrogen and oxygen atoms in total. The monoisotopic (exact) mass is 275 g/mol. The van der Waals surface area contributed by atoms with E-state index in [2.05, 4.69) is 5.10 Å². The fourth-order valence-corrected chi connectivity index (χ4v) is 2.30. The molecule has 0 unspecified atom stereocenters. The summed E-state index contributed by atoms with van der Waals surface area (Å²) in [5.74, 6) is -0.0126. The van der Waals surface area contributed by atoms with Gasteiger partial charge in [-0.25, -0.2) is 0 Å². The summed E-state index contributed by atoms with van der Waals surface area (Å²) in [4.78, 5) is 13.6. The number of halogens is 2. The summed E-state index contributed by atoms with van der Waals surface area (Å²) in [6.45, 7) is 2.41. The lowest BCUT2D eigenvalue weighted by molar-refractivity contribution is -0.129. The lowest BCUT2D eigenvalue weighted by Crippen LogP contribution is -2.33. The van der Waals surface area contributed by atoms with Gasteiger partial charge in [0.2, 0.25) is 5.91 Å². The van der Waals surface area contributed by atoms with Gasteiger partial charge in [-0.05, 0) is 19.8 Å². The van der Waals surface area contributed by atoms with E-state index in [1.54, 1.807) is 11.7 Å². The average Bonchev–Trinajstić information content (AvgIpc) is 3.09. The van der Waals surface area contributed by atoms with E-state index in [1.807, 2.05) is 11.8 Å². The molecule has 2 rings (SSSR count). The third-order valence-corrected chi connectivity index (χ3v) is 3.72. The highest BCUT2D eigenvalue weighted by atomic mass is 35.5. The number of rotatable bonds is 4. The minimum absolute atomic E-state index is 0.0213. The third-order valence-electron chi connectivity index (χ3n) is 3.02. The molecule has 1 aliphatic carbocycles. The molecule has 0 bridgehead atoms. The van der Waals surface area contributed by atoms with Crippen LogP contribution in [0.1, 0.15) is 24.1 Å². The number of alkyl halides is 1. The average molecular weight is 276 g/mol. The van der Waals surface area contributed by atoms with Crippen LogP contribution in [-0.2, 0) is 18.4 Å². The number of carbonyl (C=O) groups is 1. The largest absolute Gasteiger partial charge is 0.334 e. The standard InChI is InChI=1S/C11H15Cl2N3O/c1-7-9(11(13)15(2)14-7)6-16(8-3-4-8)10(17)5-12/h8H,3-6H2,1-2H3. The van der Waals surface area contributed by atoms with Gasteiger partial charge in [0.15, 0.2) is 0 Å². The molecule has 0 aromatic carbocycles. The van der Waals surface area contributed by atoms with E-state index in [4.69, 9.17) is 23.2 Å². The first kappa shape index (κ1) is 12.7. The number of hydrogen-bond donors (Lipinski definition) is 0. The molecular weight excluding hydrogens is 261 g/mol. The molecule has 0 saturated heterocycles. The molecule has 6 heteroatoms. The highest BCUT2D eigenvalue weighted by Crippen LogP contribution is 2.30. The quantitative estimate of drug-likeness (QED) is 0.790. The van der Waals surface area contributed by atoms with Crippen LogP contribution in [-0.4, -0.2) is 32.5 Å². The first-order chi connectivity index (χ1) is 8.04. The van der Waals surface area contributed by atoms with Gasteiger partial charge in [0.1, 0.15) is 11.0 Å². The smallest absolute Gasteiger partial charge is 0.238 e. The summed E-state index contributed by atoms with van der Waals surface area (Å²) in [6, 6.07) is 0.330. The molecule has 1 aliphatic rings. The molecule has 0 atom stereocenters. The Balaban J connectivity index is 2.20. The molecule has 1 heterocycles. The van der Waals surface area contributed by atoms with Gasteiger partial charge in [-0.15, -0.1) is 11.6 Å². The van der Waals surface area contributed by atoms with Crippen molar-refractivity contribution in [1.29, 1.82) is 0 Å². The van der Waals surface area contributed by atoms with Crippen molar-refractivity contribution in [1.82, 2.24) is 14.7 Å². The summed E-state index contributed by atoms with van der Waals surface area (Å²) < 4.78 is 1.63. The summed E-state index contributed by atoms with van der Waals surface area (Å²) >= 11 is 11.8. The minimum Gasteiger partial charge on any atom is -0.334 e. The van der Waals surface area contributed by atoms with Crippen molar-refractivity contribution in [2.45, 2.75) is 32.4 Å². The van der Waals surface area contributed by atoms with Gasteiger partial charge < -0.3 is 4.90 Å². The van der Waals surface area contributed by atoms with Crippen molar-refractivity contribution < 1.29 is 4.79 Å². The maximum atomic E-state index is 11.8. The Labute approximate surface area is 110 Å². The van der Waals surface area contributed by atoms with Crippen LogP contribution in [0, 0.1) is 6.92 Å².